The standard InChI is InChI=1S/C14H16N.C5H5.Fe/c1-11-6-4-7-12(10-11)13-8-5-9-14(13)15(2)3;1-2-4-5-3-1;/h4-10H,1-3H3;1-5H;. The van der Waals surface area contributed by atoms with E-state index in [1.165, 1.54) is 44.1 Å². The van der Waals surface area contributed by atoms with Gasteiger partial charge in [0, 0.05) is 0 Å². The van der Waals surface area contributed by atoms with Crippen molar-refractivity contribution in [1.29, 1.82) is 0 Å². The molecule has 1 nitrogen and oxygen atoms in total. The van der Waals surface area contributed by atoms with E-state index in [2.05, 4.69) is 50.2 Å². The molecule has 0 saturated carbocycles. The Hall–Kier alpha value is -0.301. The van der Waals surface area contributed by atoms with Gasteiger partial charge in [-0.3, -0.25) is 0 Å². The molecule has 0 N–H and O–H groups in total. The number of aryl methyl sites for hydroxylation is 1. The molecule has 11 rings (SSSR count). The maximum atomic E-state index is 2.86. The van der Waals surface area contributed by atoms with Crippen LogP contribution in [0.4, 0.5) is 0 Å². The normalized spacial score (nSPS) is 102. The van der Waals surface area contributed by atoms with E-state index in [0.717, 1.165) is 8.75 Å². The van der Waals surface area contributed by atoms with Gasteiger partial charge < -0.3 is 0 Å². The third-order valence-electron chi connectivity index (χ3n) is 16.9. The molecule has 0 amide bonds. The van der Waals surface area contributed by atoms with Crippen LogP contribution in [0.5, 0.6) is 0 Å². The van der Waals surface area contributed by atoms with E-state index in [1.807, 2.05) is 5.56 Å². The van der Waals surface area contributed by atoms with Gasteiger partial charge in [0.15, 0.2) is 0 Å². The predicted octanol–water partition coefficient (Wildman–Crippen LogP) is 4.26. The number of hydrogen-bond donors (Lipinski definition) is 0. The molecular weight excluding hydrogens is 298 g/mol. The number of benzene rings is 1. The first-order valence-corrected chi connectivity index (χ1v) is 15.0. The molecule has 21 heavy (non-hydrogen) atoms. The first-order valence-electron chi connectivity index (χ1n) is 8.84. The van der Waals surface area contributed by atoms with Gasteiger partial charge in [-0.1, -0.05) is 0 Å². The van der Waals surface area contributed by atoms with E-state index < -0.39 is 6.51 Å². The molecule has 10 aliphatic rings. The van der Waals surface area contributed by atoms with E-state index in [1.54, 1.807) is 0 Å². The zero-order valence-corrected chi connectivity index (χ0v) is 13.8. The second kappa shape index (κ2) is 0.785. The Bertz CT molecular complexity index is 1250. The summed E-state index contributed by atoms with van der Waals surface area (Å²) in [5.74, 6) is 0. The first-order chi connectivity index (χ1) is 9.88. The Morgan fingerprint density at radius 2 is 1.62 bits per heavy atom. The zero-order valence-electron chi connectivity index (χ0n) is 12.7. The average Bonchev–Trinajstić information content (AvgIpc) is 3.39. The predicted molar refractivity (Wildman–Crippen MR) is 79.3 cm³/mol. The van der Waals surface area contributed by atoms with Crippen LogP contribution in [0.1, 0.15) is 11.1 Å². The summed E-state index contributed by atoms with van der Waals surface area (Å²) in [6.45, 7) is -0.909. The summed E-state index contributed by atoms with van der Waals surface area (Å²) in [5, 5.41) is 0. The molecule has 10 fully saturated rings. The molecule has 5 unspecified atom stereocenters. The Morgan fingerprint density at radius 3 is 2.05 bits per heavy atom. The van der Waals surface area contributed by atoms with Crippen LogP contribution in [0.15, 0.2) is 24.3 Å². The maximum absolute atomic E-state index is 3.22. The third-order valence-corrected chi connectivity index (χ3v) is 59.7. The molecule has 1 aromatic carbocycles. The van der Waals surface area contributed by atoms with E-state index in [9.17, 15) is 0 Å². The Labute approximate surface area is 115 Å². The molecule has 10 saturated heterocycles. The van der Waals surface area contributed by atoms with Crippen molar-refractivity contribution in [2.45, 2.75) is 54.2 Å². The minimum absolute atomic E-state index is 0.819. The van der Waals surface area contributed by atoms with Crippen LogP contribution >= 0.6 is 0 Å². The SMILES string of the molecule is Cc1cccc([C]23[CH]4[CH]5[CH]6[C]2(N(C)C)[Fe]54632789[CH]3[CH]2[CH]7[CH]8[CH]39)c1. The molecule has 110 valence electrons. The van der Waals surface area contributed by atoms with Crippen molar-refractivity contribution in [3.8, 4) is 0 Å². The number of likely N-dealkylation sites (N-methyl/N-ethyl adjacent to an activating group) is 1. The van der Waals surface area contributed by atoms with Gasteiger partial charge in [0.25, 0.3) is 0 Å². The van der Waals surface area contributed by atoms with Gasteiger partial charge in [-0.05, 0) is 0 Å². The van der Waals surface area contributed by atoms with Crippen molar-refractivity contribution < 1.29 is 6.51 Å². The van der Waals surface area contributed by atoms with E-state index in [4.69, 9.17) is 0 Å². The van der Waals surface area contributed by atoms with Gasteiger partial charge in [0.2, 0.25) is 0 Å². The summed E-state index contributed by atoms with van der Waals surface area (Å²) in [7, 11) is 4.97. The van der Waals surface area contributed by atoms with Crippen molar-refractivity contribution in [3.63, 3.8) is 0 Å². The van der Waals surface area contributed by atoms with Crippen LogP contribution in [0.2, 0.25) is 38.5 Å². The zero-order chi connectivity index (χ0) is 13.5. The van der Waals surface area contributed by atoms with Crippen LogP contribution in [-0.2, 0) is 10.8 Å². The van der Waals surface area contributed by atoms with Crippen LogP contribution in [0, 0.1) is 6.92 Å². The number of rotatable bonds is 2. The van der Waals surface area contributed by atoms with Crippen LogP contribution in [0.25, 0.3) is 0 Å². The van der Waals surface area contributed by atoms with Gasteiger partial charge in [-0.15, -0.1) is 0 Å². The van der Waals surface area contributed by atoms with Gasteiger partial charge in [0.1, 0.15) is 0 Å². The molecular formula is C19H21FeN. The molecule has 0 aromatic heterocycles. The number of nitrogens with zero attached hydrogens (tertiary/aromatic N) is 1. The molecule has 5 atom stereocenters. The number of fused-ring (bicyclic) bond motifs is 10. The topological polar surface area (TPSA) is 3.24 Å². The molecule has 1 aromatic rings. The summed E-state index contributed by atoms with van der Waals surface area (Å²) in [6.07, 6.45) is 0. The molecule has 0 aliphatic carbocycles. The fraction of sp³-hybridized carbons (Fsp3) is 0.684. The minimum atomic E-state index is -3.22. The Morgan fingerprint density at radius 1 is 0.952 bits per heavy atom. The Balaban J connectivity index is 1.53. The first kappa shape index (κ1) is 8.52. The Kier molecular flexibility index (Phi) is 0.318. The van der Waals surface area contributed by atoms with Crippen LogP contribution < -0.4 is 0 Å². The summed E-state index contributed by atoms with van der Waals surface area (Å²) < 4.78 is 1.64. The number of hydrogen-bond acceptors (Lipinski definition) is 1. The summed E-state index contributed by atoms with van der Waals surface area (Å²) >= 11 is 0. The summed E-state index contributed by atoms with van der Waals surface area (Å²) in [5.41, 5.74) is 3.37. The monoisotopic (exact) mass is 319 g/mol. The van der Waals surface area contributed by atoms with Crippen molar-refractivity contribution in [2.75, 3.05) is 14.1 Å². The van der Waals surface area contributed by atoms with Crippen LogP contribution in [-0.4, -0.2) is 23.4 Å². The van der Waals surface area contributed by atoms with Gasteiger partial charge in [-0.2, -0.15) is 0 Å². The van der Waals surface area contributed by atoms with Gasteiger partial charge in [0.05, 0.1) is 0 Å². The van der Waals surface area contributed by atoms with Crippen molar-refractivity contribution in [2.24, 2.45) is 0 Å². The fourth-order valence-electron chi connectivity index (χ4n) is 19.4. The third kappa shape index (κ3) is 0.0998. The summed E-state index contributed by atoms with van der Waals surface area (Å²) in [6, 6.07) is 9.89. The van der Waals surface area contributed by atoms with Crippen molar-refractivity contribution >= 4 is 0 Å². The molecule has 1 spiro atoms. The fourth-order valence-corrected chi connectivity index (χ4v) is 96.2. The van der Waals surface area contributed by atoms with Crippen molar-refractivity contribution in [3.05, 3.63) is 35.4 Å². The van der Waals surface area contributed by atoms with Gasteiger partial charge >= 0.3 is 115 Å². The molecule has 10 heterocycles. The van der Waals surface area contributed by atoms with Crippen molar-refractivity contribution in [1.82, 2.24) is 4.90 Å². The average molecular weight is 319 g/mol. The van der Waals surface area contributed by atoms with Gasteiger partial charge in [-0.25, -0.2) is 0 Å². The molecule has 10 aliphatic heterocycles. The molecule has 0 bridgehead atoms. The molecule has 2 heteroatoms. The summed E-state index contributed by atoms with van der Waals surface area (Å²) in [4.78, 5) is 13.8. The van der Waals surface area contributed by atoms with Crippen LogP contribution in [0.3, 0.4) is 0 Å². The van der Waals surface area contributed by atoms with E-state index in [-0.39, 0.29) is 0 Å². The quantitative estimate of drug-likeness (QED) is 0.736. The second-order valence-corrected chi connectivity index (χ2v) is 35.7. The van der Waals surface area contributed by atoms with E-state index >= 15 is 0 Å². The molecule has 0 radical (unpaired) electrons. The van der Waals surface area contributed by atoms with E-state index in [0.29, 0.717) is 0 Å². The second-order valence-electron chi connectivity index (χ2n) is 12.5.